The molecule has 1 aliphatic carbocycles. The molecule has 0 atom stereocenters. The molecule has 0 amide bonds. The van der Waals surface area contributed by atoms with Crippen molar-refractivity contribution < 1.29 is 4.74 Å². The third kappa shape index (κ3) is 3.51. The fourth-order valence-electron chi connectivity index (χ4n) is 2.67. The molecule has 0 bridgehead atoms. The van der Waals surface area contributed by atoms with E-state index >= 15 is 0 Å². The highest BCUT2D eigenvalue weighted by molar-refractivity contribution is 6.30. The molecule has 2 aromatic heterocycles. The smallest absolute Gasteiger partial charge is 0.137 e. The van der Waals surface area contributed by atoms with E-state index in [1.54, 1.807) is 0 Å². The largest absolute Gasteiger partial charge is 0.377 e. The number of hydrogen-bond donors (Lipinski definition) is 1. The molecule has 2 heterocycles. The lowest BCUT2D eigenvalue weighted by Crippen LogP contribution is -2.22. The molecule has 0 aliphatic heterocycles. The van der Waals surface area contributed by atoms with Gasteiger partial charge >= 0.3 is 0 Å². The van der Waals surface area contributed by atoms with Crippen molar-refractivity contribution in [3.8, 4) is 0 Å². The zero-order valence-electron chi connectivity index (χ0n) is 11.5. The topological polar surface area (TPSA) is 38.6 Å². The number of nitrogens with zero attached hydrogens (tertiary/aromatic N) is 2. The average Bonchev–Trinajstić information content (AvgIpc) is 3.06. The van der Waals surface area contributed by atoms with Crippen molar-refractivity contribution >= 4 is 17.2 Å². The SMILES string of the molecule is Clc1ccc2nc(CNCCOC3CCCC3)cn2c1. The molecule has 1 fully saturated rings. The molecule has 108 valence electrons. The van der Waals surface area contributed by atoms with Crippen LogP contribution < -0.4 is 5.32 Å². The Morgan fingerprint density at radius 2 is 2.15 bits per heavy atom. The second kappa shape index (κ2) is 6.57. The second-order valence-corrected chi connectivity index (χ2v) is 5.74. The molecule has 0 unspecified atom stereocenters. The van der Waals surface area contributed by atoms with Gasteiger partial charge in [0.25, 0.3) is 0 Å². The zero-order valence-corrected chi connectivity index (χ0v) is 12.3. The molecule has 1 saturated carbocycles. The van der Waals surface area contributed by atoms with Gasteiger partial charge in [-0.1, -0.05) is 24.4 Å². The minimum atomic E-state index is 0.495. The molecule has 20 heavy (non-hydrogen) atoms. The summed E-state index contributed by atoms with van der Waals surface area (Å²) in [5.41, 5.74) is 1.95. The summed E-state index contributed by atoms with van der Waals surface area (Å²) >= 11 is 5.95. The number of halogens is 1. The zero-order chi connectivity index (χ0) is 13.8. The lowest BCUT2D eigenvalue weighted by Gasteiger charge is -2.10. The summed E-state index contributed by atoms with van der Waals surface area (Å²) in [4.78, 5) is 4.53. The lowest BCUT2D eigenvalue weighted by molar-refractivity contribution is 0.0602. The normalized spacial score (nSPS) is 16.2. The Hall–Kier alpha value is -1.10. The van der Waals surface area contributed by atoms with Gasteiger partial charge in [-0.05, 0) is 25.0 Å². The third-order valence-electron chi connectivity index (χ3n) is 3.71. The van der Waals surface area contributed by atoms with Crippen molar-refractivity contribution in [1.29, 1.82) is 0 Å². The fourth-order valence-corrected chi connectivity index (χ4v) is 2.84. The molecule has 0 saturated heterocycles. The maximum atomic E-state index is 5.95. The number of pyridine rings is 1. The molecule has 4 nitrogen and oxygen atoms in total. The Labute approximate surface area is 124 Å². The Kier molecular flexibility index (Phi) is 4.55. The summed E-state index contributed by atoms with van der Waals surface area (Å²) in [6, 6.07) is 3.78. The molecule has 0 aromatic carbocycles. The van der Waals surface area contributed by atoms with E-state index in [2.05, 4.69) is 10.3 Å². The molecule has 1 aliphatic rings. The average molecular weight is 294 g/mol. The summed E-state index contributed by atoms with van der Waals surface area (Å²) in [5, 5.41) is 4.09. The number of fused-ring (bicyclic) bond motifs is 1. The highest BCUT2D eigenvalue weighted by atomic mass is 35.5. The summed E-state index contributed by atoms with van der Waals surface area (Å²) in [7, 11) is 0. The van der Waals surface area contributed by atoms with E-state index in [9.17, 15) is 0 Å². The van der Waals surface area contributed by atoms with Crippen LogP contribution in [0.3, 0.4) is 0 Å². The first-order valence-electron chi connectivity index (χ1n) is 7.27. The Bertz CT molecular complexity index is 563. The van der Waals surface area contributed by atoms with Crippen LogP contribution in [-0.2, 0) is 11.3 Å². The van der Waals surface area contributed by atoms with Gasteiger partial charge in [-0.3, -0.25) is 0 Å². The summed E-state index contributed by atoms with van der Waals surface area (Å²) in [5.74, 6) is 0. The first-order chi connectivity index (χ1) is 9.81. The molecular formula is C15H20ClN3O. The highest BCUT2D eigenvalue weighted by Crippen LogP contribution is 2.20. The van der Waals surface area contributed by atoms with E-state index in [0.29, 0.717) is 6.10 Å². The van der Waals surface area contributed by atoms with Crippen LogP contribution in [-0.4, -0.2) is 28.6 Å². The number of aromatic nitrogens is 2. The number of imidazole rings is 1. The highest BCUT2D eigenvalue weighted by Gasteiger charge is 2.14. The van der Waals surface area contributed by atoms with Crippen molar-refractivity contribution in [1.82, 2.24) is 14.7 Å². The van der Waals surface area contributed by atoms with E-state index < -0.39 is 0 Å². The van der Waals surface area contributed by atoms with Gasteiger partial charge in [0, 0.05) is 25.5 Å². The second-order valence-electron chi connectivity index (χ2n) is 5.30. The standard InChI is InChI=1S/C15H20ClN3O/c16-12-5-6-15-18-13(11-19(15)10-12)9-17-7-8-20-14-3-1-2-4-14/h5-6,10-11,14,17H,1-4,7-9H2. The molecule has 0 radical (unpaired) electrons. The third-order valence-corrected chi connectivity index (χ3v) is 3.93. The summed E-state index contributed by atoms with van der Waals surface area (Å²) in [6.45, 7) is 2.41. The van der Waals surface area contributed by atoms with Crippen molar-refractivity contribution in [2.75, 3.05) is 13.2 Å². The van der Waals surface area contributed by atoms with Gasteiger partial charge in [0.15, 0.2) is 0 Å². The van der Waals surface area contributed by atoms with Crippen molar-refractivity contribution in [3.63, 3.8) is 0 Å². The number of nitrogens with one attached hydrogen (secondary N) is 1. The van der Waals surface area contributed by atoms with Crippen LogP contribution >= 0.6 is 11.6 Å². The van der Waals surface area contributed by atoms with E-state index in [4.69, 9.17) is 16.3 Å². The van der Waals surface area contributed by atoms with Crippen LogP contribution in [0.5, 0.6) is 0 Å². The van der Waals surface area contributed by atoms with Crippen LogP contribution in [0.4, 0.5) is 0 Å². The van der Waals surface area contributed by atoms with Gasteiger partial charge in [0.1, 0.15) is 5.65 Å². The summed E-state index contributed by atoms with van der Waals surface area (Å²) in [6.07, 6.45) is 9.47. The van der Waals surface area contributed by atoms with Gasteiger partial charge in [-0.25, -0.2) is 4.98 Å². The molecule has 2 aromatic rings. The fraction of sp³-hybridized carbons (Fsp3) is 0.533. The lowest BCUT2D eigenvalue weighted by atomic mass is 10.3. The van der Waals surface area contributed by atoms with Crippen LogP contribution in [0, 0.1) is 0 Å². The van der Waals surface area contributed by atoms with E-state index in [-0.39, 0.29) is 0 Å². The van der Waals surface area contributed by atoms with E-state index in [0.717, 1.165) is 36.1 Å². The molecule has 0 spiro atoms. The van der Waals surface area contributed by atoms with Gasteiger partial charge < -0.3 is 14.5 Å². The predicted molar refractivity (Wildman–Crippen MR) is 80.1 cm³/mol. The minimum absolute atomic E-state index is 0.495. The summed E-state index contributed by atoms with van der Waals surface area (Å²) < 4.78 is 7.76. The Morgan fingerprint density at radius 1 is 1.30 bits per heavy atom. The Morgan fingerprint density at radius 3 is 3.00 bits per heavy atom. The van der Waals surface area contributed by atoms with E-state index in [1.165, 1.54) is 25.7 Å². The van der Waals surface area contributed by atoms with Gasteiger partial charge in [-0.2, -0.15) is 0 Å². The minimum Gasteiger partial charge on any atom is -0.377 e. The van der Waals surface area contributed by atoms with Crippen molar-refractivity contribution in [2.24, 2.45) is 0 Å². The van der Waals surface area contributed by atoms with Crippen LogP contribution in [0.15, 0.2) is 24.5 Å². The molecule has 5 heteroatoms. The maximum absolute atomic E-state index is 5.95. The van der Waals surface area contributed by atoms with Crippen LogP contribution in [0.2, 0.25) is 5.02 Å². The van der Waals surface area contributed by atoms with Gasteiger partial charge in [0.2, 0.25) is 0 Å². The van der Waals surface area contributed by atoms with E-state index in [1.807, 2.05) is 28.9 Å². The van der Waals surface area contributed by atoms with Gasteiger partial charge in [0.05, 0.1) is 23.4 Å². The van der Waals surface area contributed by atoms with Crippen molar-refractivity contribution in [3.05, 3.63) is 35.2 Å². The van der Waals surface area contributed by atoms with Crippen molar-refractivity contribution in [2.45, 2.75) is 38.3 Å². The first kappa shape index (κ1) is 13.9. The maximum Gasteiger partial charge on any atom is 0.137 e. The molecule has 3 rings (SSSR count). The number of ether oxygens (including phenoxy) is 1. The Balaban J connectivity index is 1.42. The number of rotatable bonds is 6. The molecular weight excluding hydrogens is 274 g/mol. The monoisotopic (exact) mass is 293 g/mol. The van der Waals surface area contributed by atoms with Crippen LogP contribution in [0.1, 0.15) is 31.4 Å². The van der Waals surface area contributed by atoms with Gasteiger partial charge in [-0.15, -0.1) is 0 Å². The van der Waals surface area contributed by atoms with Crippen LogP contribution in [0.25, 0.3) is 5.65 Å². The molecule has 1 N–H and O–H groups in total. The number of hydrogen-bond acceptors (Lipinski definition) is 3. The first-order valence-corrected chi connectivity index (χ1v) is 7.64. The quantitative estimate of drug-likeness (QED) is 0.832. The predicted octanol–water partition coefficient (Wildman–Crippen LogP) is 3.04.